The third-order valence-corrected chi connectivity index (χ3v) is 2.52. The molecule has 104 valence electrons. The van der Waals surface area contributed by atoms with E-state index >= 15 is 0 Å². The number of carbonyl (C=O) groups excluding carboxylic acids is 1. The van der Waals surface area contributed by atoms with E-state index in [2.05, 4.69) is 15.5 Å². The first kappa shape index (κ1) is 13.5. The Hall–Kier alpha value is -2.90. The van der Waals surface area contributed by atoms with Crippen LogP contribution in [-0.4, -0.2) is 34.3 Å². The summed E-state index contributed by atoms with van der Waals surface area (Å²) in [6.45, 7) is 0. The Morgan fingerprint density at radius 3 is 2.85 bits per heavy atom. The van der Waals surface area contributed by atoms with Crippen LogP contribution in [0.4, 0.5) is 10.1 Å². The highest BCUT2D eigenvalue weighted by Crippen LogP contribution is 2.23. The van der Waals surface area contributed by atoms with Crippen molar-refractivity contribution < 1.29 is 23.8 Å². The zero-order valence-electron chi connectivity index (χ0n) is 10.3. The molecule has 0 spiro atoms. The Balaban J connectivity index is 2.33. The number of aromatic amines is 1. The maximum absolute atomic E-state index is 13.7. The second-order valence-electron chi connectivity index (χ2n) is 3.74. The van der Waals surface area contributed by atoms with Crippen LogP contribution in [0.3, 0.4) is 0 Å². The van der Waals surface area contributed by atoms with Gasteiger partial charge in [-0.25, -0.2) is 9.18 Å². The van der Waals surface area contributed by atoms with E-state index in [0.29, 0.717) is 0 Å². The molecular formula is C12H10FN3O4. The van der Waals surface area contributed by atoms with E-state index in [1.807, 2.05) is 0 Å². The number of halogens is 1. The van der Waals surface area contributed by atoms with Gasteiger partial charge in [0.1, 0.15) is 17.1 Å². The molecule has 20 heavy (non-hydrogen) atoms. The molecule has 1 amide bonds. The molecule has 2 rings (SSSR count). The van der Waals surface area contributed by atoms with Gasteiger partial charge >= 0.3 is 5.97 Å². The molecule has 1 aromatic heterocycles. The summed E-state index contributed by atoms with van der Waals surface area (Å²) in [6, 6.07) is 3.92. The van der Waals surface area contributed by atoms with Gasteiger partial charge in [-0.15, -0.1) is 0 Å². The number of hydrogen-bond donors (Lipinski definition) is 3. The van der Waals surface area contributed by atoms with Crippen LogP contribution in [-0.2, 0) is 0 Å². The van der Waals surface area contributed by atoms with Gasteiger partial charge in [0, 0.05) is 0 Å². The van der Waals surface area contributed by atoms with Crippen LogP contribution in [0.15, 0.2) is 24.4 Å². The molecule has 0 aliphatic carbocycles. The van der Waals surface area contributed by atoms with Crippen LogP contribution in [0.1, 0.15) is 20.8 Å². The molecular weight excluding hydrogens is 269 g/mol. The van der Waals surface area contributed by atoms with Gasteiger partial charge in [0.2, 0.25) is 0 Å². The summed E-state index contributed by atoms with van der Waals surface area (Å²) in [6.07, 6.45) is 1.12. The summed E-state index contributed by atoms with van der Waals surface area (Å²) >= 11 is 0. The molecule has 0 atom stereocenters. The summed E-state index contributed by atoms with van der Waals surface area (Å²) in [5, 5.41) is 16.9. The number of rotatable bonds is 4. The van der Waals surface area contributed by atoms with Crippen molar-refractivity contribution in [3.05, 3.63) is 41.5 Å². The number of nitrogens with one attached hydrogen (secondary N) is 2. The lowest BCUT2D eigenvalue weighted by Gasteiger charge is -2.09. The molecule has 0 fully saturated rings. The molecule has 7 nitrogen and oxygen atoms in total. The van der Waals surface area contributed by atoms with Crippen molar-refractivity contribution in [3.8, 4) is 5.75 Å². The molecule has 2 aromatic rings. The number of carboxylic acid groups (broad SMARTS) is 1. The molecule has 0 aliphatic rings. The van der Waals surface area contributed by atoms with Gasteiger partial charge in [-0.2, -0.15) is 5.10 Å². The van der Waals surface area contributed by atoms with E-state index in [1.54, 1.807) is 0 Å². The standard InChI is InChI=1S/C12H10FN3O4/c1-20-8-4-2-3-6(13)9(8)11(17)15-7-5-14-16-10(7)12(18)19/h2-5H,1H3,(H,14,16)(H,15,17)(H,18,19). The fraction of sp³-hybridized carbons (Fsp3) is 0.0833. The lowest BCUT2D eigenvalue weighted by Crippen LogP contribution is -2.16. The van der Waals surface area contributed by atoms with Crippen molar-refractivity contribution in [3.63, 3.8) is 0 Å². The van der Waals surface area contributed by atoms with E-state index in [9.17, 15) is 14.0 Å². The minimum Gasteiger partial charge on any atom is -0.496 e. The van der Waals surface area contributed by atoms with Gasteiger partial charge in [-0.1, -0.05) is 6.07 Å². The summed E-state index contributed by atoms with van der Waals surface area (Å²) < 4.78 is 18.6. The molecule has 1 aromatic carbocycles. The van der Waals surface area contributed by atoms with Gasteiger partial charge < -0.3 is 15.2 Å². The lowest BCUT2D eigenvalue weighted by atomic mass is 10.1. The highest BCUT2D eigenvalue weighted by molar-refractivity contribution is 6.08. The number of anilines is 1. The average molecular weight is 279 g/mol. The van der Waals surface area contributed by atoms with Crippen molar-refractivity contribution in [2.45, 2.75) is 0 Å². The second kappa shape index (κ2) is 5.39. The van der Waals surface area contributed by atoms with Gasteiger partial charge in [-0.3, -0.25) is 9.89 Å². The first-order valence-electron chi connectivity index (χ1n) is 5.45. The Morgan fingerprint density at radius 1 is 1.45 bits per heavy atom. The van der Waals surface area contributed by atoms with Crippen molar-refractivity contribution in [1.29, 1.82) is 0 Å². The third-order valence-electron chi connectivity index (χ3n) is 2.52. The van der Waals surface area contributed by atoms with E-state index in [4.69, 9.17) is 9.84 Å². The number of aromatic nitrogens is 2. The largest absolute Gasteiger partial charge is 0.496 e. The van der Waals surface area contributed by atoms with E-state index < -0.39 is 17.7 Å². The molecule has 0 saturated heterocycles. The maximum atomic E-state index is 13.7. The fourth-order valence-corrected chi connectivity index (χ4v) is 1.62. The first-order valence-corrected chi connectivity index (χ1v) is 5.45. The number of benzene rings is 1. The van der Waals surface area contributed by atoms with Gasteiger partial charge in [0.25, 0.3) is 5.91 Å². The minimum absolute atomic E-state index is 0.0443. The van der Waals surface area contributed by atoms with Gasteiger partial charge in [0.15, 0.2) is 5.69 Å². The summed E-state index contributed by atoms with van der Waals surface area (Å²) in [5.41, 5.74) is -0.672. The predicted octanol–water partition coefficient (Wildman–Crippen LogP) is 1.51. The normalized spacial score (nSPS) is 10.1. The van der Waals surface area contributed by atoms with Gasteiger partial charge in [-0.05, 0) is 12.1 Å². The number of nitrogens with zero attached hydrogens (tertiary/aromatic N) is 1. The molecule has 0 aliphatic heterocycles. The number of carboxylic acids is 1. The van der Waals surface area contributed by atoms with Gasteiger partial charge in [0.05, 0.1) is 19.0 Å². The van der Waals surface area contributed by atoms with Crippen LogP contribution < -0.4 is 10.1 Å². The number of aromatic carboxylic acids is 1. The Bertz CT molecular complexity index is 668. The highest BCUT2D eigenvalue weighted by Gasteiger charge is 2.21. The molecule has 0 saturated carbocycles. The van der Waals surface area contributed by atoms with Crippen molar-refractivity contribution in [1.82, 2.24) is 10.2 Å². The lowest BCUT2D eigenvalue weighted by molar-refractivity contribution is 0.0691. The number of amides is 1. The summed E-state index contributed by atoms with van der Waals surface area (Å²) in [7, 11) is 1.30. The number of ether oxygens (including phenoxy) is 1. The molecule has 8 heteroatoms. The predicted molar refractivity (Wildman–Crippen MR) is 66.5 cm³/mol. The SMILES string of the molecule is COc1cccc(F)c1C(=O)Nc1cn[nH]c1C(=O)O. The number of carbonyl (C=O) groups is 2. The molecule has 3 N–H and O–H groups in total. The summed E-state index contributed by atoms with van der Waals surface area (Å²) in [4.78, 5) is 22.9. The van der Waals surface area contributed by atoms with Crippen molar-refractivity contribution in [2.75, 3.05) is 12.4 Å². The highest BCUT2D eigenvalue weighted by atomic mass is 19.1. The van der Waals surface area contributed by atoms with Crippen LogP contribution in [0.25, 0.3) is 0 Å². The Morgan fingerprint density at radius 2 is 2.20 bits per heavy atom. The third kappa shape index (κ3) is 2.44. The minimum atomic E-state index is -1.29. The number of methoxy groups -OCH3 is 1. The van der Waals surface area contributed by atoms with E-state index in [-0.39, 0.29) is 22.7 Å². The van der Waals surface area contributed by atoms with Crippen LogP contribution in [0, 0.1) is 5.82 Å². The van der Waals surface area contributed by atoms with E-state index in [1.165, 1.54) is 19.2 Å². The smallest absolute Gasteiger partial charge is 0.356 e. The average Bonchev–Trinajstić information content (AvgIpc) is 2.86. The zero-order valence-corrected chi connectivity index (χ0v) is 10.3. The first-order chi connectivity index (χ1) is 9.54. The topological polar surface area (TPSA) is 104 Å². The molecule has 0 bridgehead atoms. The molecule has 0 unspecified atom stereocenters. The van der Waals surface area contributed by atoms with Crippen LogP contribution >= 0.6 is 0 Å². The molecule has 1 heterocycles. The summed E-state index contributed by atoms with van der Waals surface area (Å²) in [5.74, 6) is -2.85. The maximum Gasteiger partial charge on any atom is 0.356 e. The van der Waals surface area contributed by atoms with E-state index in [0.717, 1.165) is 12.3 Å². The Labute approximate surface area is 112 Å². The number of hydrogen-bond acceptors (Lipinski definition) is 4. The van der Waals surface area contributed by atoms with Crippen LogP contribution in [0.2, 0.25) is 0 Å². The van der Waals surface area contributed by atoms with Crippen molar-refractivity contribution >= 4 is 17.6 Å². The Kier molecular flexibility index (Phi) is 3.65. The zero-order chi connectivity index (χ0) is 14.7. The molecule has 0 radical (unpaired) electrons. The number of H-pyrrole nitrogens is 1. The van der Waals surface area contributed by atoms with Crippen LogP contribution in [0.5, 0.6) is 5.75 Å². The quantitative estimate of drug-likeness (QED) is 0.786. The fourth-order valence-electron chi connectivity index (χ4n) is 1.62. The monoisotopic (exact) mass is 279 g/mol. The van der Waals surface area contributed by atoms with Crippen molar-refractivity contribution in [2.24, 2.45) is 0 Å². The second-order valence-corrected chi connectivity index (χ2v) is 3.74.